The van der Waals surface area contributed by atoms with Gasteiger partial charge in [-0.1, -0.05) is 0 Å². The molecule has 0 aliphatic heterocycles. The summed E-state index contributed by atoms with van der Waals surface area (Å²) in [6.45, 7) is 2.08. The first kappa shape index (κ1) is 14.4. The normalized spacial score (nSPS) is 9.95. The Balaban J connectivity index is 1.95. The van der Waals surface area contributed by atoms with Crippen molar-refractivity contribution in [1.82, 2.24) is 10.3 Å². The molecule has 108 valence electrons. The van der Waals surface area contributed by atoms with E-state index >= 15 is 0 Å². The van der Waals surface area contributed by atoms with Crippen LogP contribution in [0.3, 0.4) is 0 Å². The molecule has 1 aromatic carbocycles. The van der Waals surface area contributed by atoms with E-state index in [1.165, 1.54) is 18.2 Å². The average molecular weight is 286 g/mol. The van der Waals surface area contributed by atoms with Gasteiger partial charge in [0.15, 0.2) is 0 Å². The smallest absolute Gasteiger partial charge is 0.319 e. The lowest BCUT2D eigenvalue weighted by atomic mass is 10.2. The zero-order valence-corrected chi connectivity index (χ0v) is 11.4. The van der Waals surface area contributed by atoms with Gasteiger partial charge in [-0.05, 0) is 36.2 Å². The maximum absolute atomic E-state index is 11.8. The summed E-state index contributed by atoms with van der Waals surface area (Å²) in [5, 5.41) is 16.0. The van der Waals surface area contributed by atoms with Gasteiger partial charge in [-0.25, -0.2) is 4.79 Å². The molecule has 1 heterocycles. The number of aromatic nitrogens is 1. The first-order chi connectivity index (χ1) is 10.1. The number of rotatable bonds is 4. The highest BCUT2D eigenvalue weighted by atomic mass is 16.6. The molecular formula is C14H14N4O3. The Morgan fingerprint density at radius 3 is 2.62 bits per heavy atom. The summed E-state index contributed by atoms with van der Waals surface area (Å²) in [6.07, 6.45) is 3.30. The van der Waals surface area contributed by atoms with Crippen molar-refractivity contribution in [2.24, 2.45) is 0 Å². The van der Waals surface area contributed by atoms with Crippen LogP contribution in [0.25, 0.3) is 0 Å². The molecule has 0 radical (unpaired) electrons. The fraction of sp³-hybridized carbons (Fsp3) is 0.143. The molecular weight excluding hydrogens is 272 g/mol. The summed E-state index contributed by atoms with van der Waals surface area (Å²) in [5.41, 5.74) is 2.09. The first-order valence-corrected chi connectivity index (χ1v) is 6.25. The van der Waals surface area contributed by atoms with Crippen LogP contribution in [-0.2, 0) is 6.54 Å². The van der Waals surface area contributed by atoms with Crippen molar-refractivity contribution in [3.8, 4) is 0 Å². The summed E-state index contributed by atoms with van der Waals surface area (Å²) in [7, 11) is 0. The zero-order valence-electron chi connectivity index (χ0n) is 11.4. The number of carbonyl (C=O) groups excluding carboxylic acids is 1. The van der Waals surface area contributed by atoms with Crippen molar-refractivity contribution in [1.29, 1.82) is 0 Å². The third-order valence-corrected chi connectivity index (χ3v) is 2.87. The summed E-state index contributed by atoms with van der Waals surface area (Å²) in [6, 6.07) is 7.52. The van der Waals surface area contributed by atoms with E-state index in [-0.39, 0.29) is 11.7 Å². The number of hydrogen-bond acceptors (Lipinski definition) is 4. The monoisotopic (exact) mass is 286 g/mol. The van der Waals surface area contributed by atoms with E-state index in [2.05, 4.69) is 15.6 Å². The number of benzene rings is 1. The second kappa shape index (κ2) is 6.47. The van der Waals surface area contributed by atoms with E-state index in [0.29, 0.717) is 17.8 Å². The Morgan fingerprint density at radius 1 is 1.29 bits per heavy atom. The molecule has 0 bridgehead atoms. The highest BCUT2D eigenvalue weighted by Crippen LogP contribution is 2.20. The second-order valence-corrected chi connectivity index (χ2v) is 4.42. The van der Waals surface area contributed by atoms with Crippen molar-refractivity contribution in [2.75, 3.05) is 5.32 Å². The molecule has 2 N–H and O–H groups in total. The number of nitro groups is 1. The summed E-state index contributed by atoms with van der Waals surface area (Å²) >= 11 is 0. The predicted octanol–water partition coefficient (Wildman–Crippen LogP) is 2.62. The molecule has 0 fully saturated rings. The number of non-ortho nitro benzene ring substituents is 1. The Bertz CT molecular complexity index is 659. The van der Waals surface area contributed by atoms with E-state index in [4.69, 9.17) is 0 Å². The molecule has 0 atom stereocenters. The van der Waals surface area contributed by atoms with Crippen LogP contribution in [0.4, 0.5) is 16.2 Å². The number of anilines is 1. The molecule has 0 aliphatic carbocycles. The maximum Gasteiger partial charge on any atom is 0.319 e. The Hall–Kier alpha value is -2.96. The standard InChI is InChI=1S/C14H14N4O3/c1-10-8-12(18(20)21)2-3-13(10)17-14(19)16-9-11-4-6-15-7-5-11/h2-8H,9H2,1H3,(H2,16,17,19). The van der Waals surface area contributed by atoms with Crippen LogP contribution >= 0.6 is 0 Å². The number of carbonyl (C=O) groups is 1. The van der Waals surface area contributed by atoms with Gasteiger partial charge in [-0.3, -0.25) is 15.1 Å². The van der Waals surface area contributed by atoms with E-state index in [0.717, 1.165) is 5.56 Å². The third-order valence-electron chi connectivity index (χ3n) is 2.87. The van der Waals surface area contributed by atoms with Crippen LogP contribution < -0.4 is 10.6 Å². The fourth-order valence-electron chi connectivity index (χ4n) is 1.75. The van der Waals surface area contributed by atoms with Crippen LogP contribution in [0.2, 0.25) is 0 Å². The van der Waals surface area contributed by atoms with Crippen LogP contribution in [0, 0.1) is 17.0 Å². The number of nitro benzene ring substituents is 1. The van der Waals surface area contributed by atoms with Gasteiger partial charge in [0.1, 0.15) is 0 Å². The highest BCUT2D eigenvalue weighted by molar-refractivity contribution is 5.90. The Kier molecular flexibility index (Phi) is 4.45. The van der Waals surface area contributed by atoms with Gasteiger partial charge in [0.2, 0.25) is 0 Å². The van der Waals surface area contributed by atoms with Crippen LogP contribution in [0.1, 0.15) is 11.1 Å². The second-order valence-electron chi connectivity index (χ2n) is 4.42. The number of nitrogens with zero attached hydrogens (tertiary/aromatic N) is 2. The predicted molar refractivity (Wildman–Crippen MR) is 77.9 cm³/mol. The third kappa shape index (κ3) is 4.00. The summed E-state index contributed by atoms with van der Waals surface area (Å²) in [4.78, 5) is 25.9. The molecule has 7 heteroatoms. The van der Waals surface area contributed by atoms with Gasteiger partial charge in [0, 0.05) is 36.8 Å². The van der Waals surface area contributed by atoms with Crippen LogP contribution in [0.5, 0.6) is 0 Å². The molecule has 0 spiro atoms. The summed E-state index contributed by atoms with van der Waals surface area (Å²) < 4.78 is 0. The highest BCUT2D eigenvalue weighted by Gasteiger charge is 2.09. The van der Waals surface area contributed by atoms with Crippen LogP contribution in [0.15, 0.2) is 42.7 Å². The van der Waals surface area contributed by atoms with Gasteiger partial charge in [0.05, 0.1) is 4.92 Å². The number of pyridine rings is 1. The van der Waals surface area contributed by atoms with E-state index in [9.17, 15) is 14.9 Å². The quantitative estimate of drug-likeness (QED) is 0.666. The van der Waals surface area contributed by atoms with Gasteiger partial charge in [0.25, 0.3) is 5.69 Å². The Labute approximate surface area is 121 Å². The Morgan fingerprint density at radius 2 is 2.00 bits per heavy atom. The maximum atomic E-state index is 11.8. The molecule has 2 aromatic rings. The number of hydrogen-bond donors (Lipinski definition) is 2. The molecule has 0 unspecified atom stereocenters. The molecule has 2 rings (SSSR count). The first-order valence-electron chi connectivity index (χ1n) is 6.25. The van der Waals surface area contributed by atoms with Gasteiger partial charge < -0.3 is 10.6 Å². The van der Waals surface area contributed by atoms with E-state index in [1.54, 1.807) is 31.5 Å². The molecule has 21 heavy (non-hydrogen) atoms. The average Bonchev–Trinajstić information content (AvgIpc) is 2.48. The molecule has 0 aliphatic rings. The minimum Gasteiger partial charge on any atom is -0.334 e. The minimum absolute atomic E-state index is 0.00440. The van der Waals surface area contributed by atoms with Gasteiger partial charge >= 0.3 is 6.03 Å². The number of nitrogens with one attached hydrogen (secondary N) is 2. The molecule has 7 nitrogen and oxygen atoms in total. The van der Waals surface area contributed by atoms with Gasteiger partial charge in [-0.15, -0.1) is 0 Å². The number of amides is 2. The minimum atomic E-state index is -0.472. The van der Waals surface area contributed by atoms with E-state index in [1.807, 2.05) is 0 Å². The number of aryl methyl sites for hydroxylation is 1. The van der Waals surface area contributed by atoms with Crippen LogP contribution in [-0.4, -0.2) is 15.9 Å². The lowest BCUT2D eigenvalue weighted by molar-refractivity contribution is -0.384. The SMILES string of the molecule is Cc1cc([N+](=O)[O-])ccc1NC(=O)NCc1ccncc1. The molecule has 1 aromatic heterocycles. The topological polar surface area (TPSA) is 97.2 Å². The summed E-state index contributed by atoms with van der Waals surface area (Å²) in [5.74, 6) is 0. The largest absolute Gasteiger partial charge is 0.334 e. The van der Waals surface area contributed by atoms with Crippen molar-refractivity contribution >= 4 is 17.4 Å². The number of urea groups is 1. The van der Waals surface area contributed by atoms with Crippen molar-refractivity contribution in [2.45, 2.75) is 13.5 Å². The zero-order chi connectivity index (χ0) is 15.2. The van der Waals surface area contributed by atoms with Crippen molar-refractivity contribution in [3.05, 3.63) is 64.0 Å². The van der Waals surface area contributed by atoms with Gasteiger partial charge in [-0.2, -0.15) is 0 Å². The molecule has 2 amide bonds. The van der Waals surface area contributed by atoms with Crippen molar-refractivity contribution < 1.29 is 9.72 Å². The lowest BCUT2D eigenvalue weighted by Crippen LogP contribution is -2.28. The molecule has 0 saturated carbocycles. The van der Waals surface area contributed by atoms with E-state index < -0.39 is 4.92 Å². The molecule has 0 saturated heterocycles. The van der Waals surface area contributed by atoms with Crippen molar-refractivity contribution in [3.63, 3.8) is 0 Å². The fourth-order valence-corrected chi connectivity index (χ4v) is 1.75. The lowest BCUT2D eigenvalue weighted by Gasteiger charge is -2.09.